The Balaban J connectivity index is 1.77. The molecule has 1 atom stereocenters. The van der Waals surface area contributed by atoms with Gasteiger partial charge in [-0.15, -0.1) is 0 Å². The zero-order valence-electron chi connectivity index (χ0n) is 11.7. The summed E-state index contributed by atoms with van der Waals surface area (Å²) >= 11 is 5.98. The van der Waals surface area contributed by atoms with Crippen LogP contribution in [-0.2, 0) is 4.79 Å². The Labute approximate surface area is 124 Å². The number of rotatable bonds is 7. The van der Waals surface area contributed by atoms with Gasteiger partial charge >= 0.3 is 0 Å². The third-order valence-electron chi connectivity index (χ3n) is 3.75. The minimum atomic E-state index is -0.276. The number of hydrogen-bond acceptors (Lipinski definition) is 3. The molecule has 0 heterocycles. The van der Waals surface area contributed by atoms with Crippen LogP contribution in [0.1, 0.15) is 26.2 Å². The van der Waals surface area contributed by atoms with Crippen LogP contribution < -0.4 is 15.8 Å². The summed E-state index contributed by atoms with van der Waals surface area (Å²) in [6.45, 7) is 2.78. The van der Waals surface area contributed by atoms with Crippen molar-refractivity contribution >= 4 is 17.5 Å². The summed E-state index contributed by atoms with van der Waals surface area (Å²) in [5.41, 5.74) is 5.50. The summed E-state index contributed by atoms with van der Waals surface area (Å²) < 4.78 is 5.51. The SMILES string of the molecule is CC(CN)(NC(=O)CCOc1ccccc1Cl)C1CC1. The number of carbonyl (C=O) groups excluding carboxylic acids is 1. The minimum Gasteiger partial charge on any atom is -0.491 e. The molecule has 0 radical (unpaired) electrons. The molecule has 1 aliphatic rings. The van der Waals surface area contributed by atoms with Crippen molar-refractivity contribution in [3.63, 3.8) is 0 Å². The van der Waals surface area contributed by atoms with E-state index < -0.39 is 0 Å². The van der Waals surface area contributed by atoms with Crippen molar-refractivity contribution in [2.24, 2.45) is 11.7 Å². The highest BCUT2D eigenvalue weighted by atomic mass is 35.5. The van der Waals surface area contributed by atoms with E-state index >= 15 is 0 Å². The van der Waals surface area contributed by atoms with Gasteiger partial charge in [0.15, 0.2) is 0 Å². The predicted molar refractivity (Wildman–Crippen MR) is 79.9 cm³/mol. The van der Waals surface area contributed by atoms with Crippen molar-refractivity contribution in [3.8, 4) is 5.75 Å². The fraction of sp³-hybridized carbons (Fsp3) is 0.533. The van der Waals surface area contributed by atoms with E-state index in [2.05, 4.69) is 5.32 Å². The van der Waals surface area contributed by atoms with Crippen molar-refractivity contribution < 1.29 is 9.53 Å². The monoisotopic (exact) mass is 296 g/mol. The highest BCUT2D eigenvalue weighted by Crippen LogP contribution is 2.38. The van der Waals surface area contributed by atoms with E-state index in [-0.39, 0.29) is 11.4 Å². The molecule has 5 heteroatoms. The summed E-state index contributed by atoms with van der Waals surface area (Å²) in [5.74, 6) is 1.09. The number of carbonyl (C=O) groups is 1. The van der Waals surface area contributed by atoms with E-state index in [1.165, 1.54) is 0 Å². The molecule has 1 saturated carbocycles. The number of amides is 1. The van der Waals surface area contributed by atoms with Crippen molar-refractivity contribution in [2.75, 3.05) is 13.2 Å². The molecule has 1 fully saturated rings. The minimum absolute atomic E-state index is 0.0306. The number of hydrogen-bond donors (Lipinski definition) is 2. The fourth-order valence-corrected chi connectivity index (χ4v) is 2.43. The Hall–Kier alpha value is -1.26. The van der Waals surface area contributed by atoms with Gasteiger partial charge in [-0.3, -0.25) is 4.79 Å². The average molecular weight is 297 g/mol. The standard InChI is InChI=1S/C15H21ClN2O2/c1-15(10-17,11-6-7-11)18-14(19)8-9-20-13-5-3-2-4-12(13)16/h2-5,11H,6-10,17H2,1H3,(H,18,19). The van der Waals surface area contributed by atoms with Crippen LogP contribution in [0.3, 0.4) is 0 Å². The Morgan fingerprint density at radius 1 is 1.50 bits per heavy atom. The Morgan fingerprint density at radius 3 is 2.80 bits per heavy atom. The van der Waals surface area contributed by atoms with Crippen LogP contribution in [0.5, 0.6) is 5.75 Å². The summed E-state index contributed by atoms with van der Waals surface area (Å²) in [7, 11) is 0. The van der Waals surface area contributed by atoms with Gasteiger partial charge in [-0.1, -0.05) is 23.7 Å². The van der Waals surface area contributed by atoms with Crippen molar-refractivity contribution in [3.05, 3.63) is 29.3 Å². The average Bonchev–Trinajstić information content (AvgIpc) is 3.25. The topological polar surface area (TPSA) is 64.3 Å². The van der Waals surface area contributed by atoms with Crippen LogP contribution in [0, 0.1) is 5.92 Å². The lowest BCUT2D eigenvalue weighted by atomic mass is 9.96. The molecule has 20 heavy (non-hydrogen) atoms. The number of halogens is 1. The molecular formula is C15H21ClN2O2. The second kappa shape index (κ2) is 6.46. The van der Waals surface area contributed by atoms with Gasteiger partial charge in [0, 0.05) is 6.54 Å². The molecule has 1 aliphatic carbocycles. The van der Waals surface area contributed by atoms with Gasteiger partial charge in [-0.05, 0) is 37.8 Å². The molecule has 1 unspecified atom stereocenters. The maximum atomic E-state index is 11.9. The molecule has 0 saturated heterocycles. The third-order valence-corrected chi connectivity index (χ3v) is 4.06. The number of para-hydroxylation sites is 1. The molecule has 1 aromatic rings. The van der Waals surface area contributed by atoms with Crippen LogP contribution in [-0.4, -0.2) is 24.6 Å². The molecule has 0 aliphatic heterocycles. The van der Waals surface area contributed by atoms with Crippen molar-refractivity contribution in [1.82, 2.24) is 5.32 Å². The van der Waals surface area contributed by atoms with Crippen LogP contribution in [0.25, 0.3) is 0 Å². The van der Waals surface area contributed by atoms with Gasteiger partial charge < -0.3 is 15.8 Å². The number of benzene rings is 1. The molecule has 3 N–H and O–H groups in total. The highest BCUT2D eigenvalue weighted by Gasteiger charge is 2.41. The Bertz CT molecular complexity index is 477. The molecule has 0 bridgehead atoms. The van der Waals surface area contributed by atoms with E-state index in [9.17, 15) is 4.79 Å². The van der Waals surface area contributed by atoms with Gasteiger partial charge in [0.1, 0.15) is 5.75 Å². The zero-order valence-corrected chi connectivity index (χ0v) is 12.5. The molecular weight excluding hydrogens is 276 g/mol. The molecule has 2 rings (SSSR count). The lowest BCUT2D eigenvalue weighted by Gasteiger charge is -2.29. The van der Waals surface area contributed by atoms with Gasteiger partial charge in [0.2, 0.25) is 5.91 Å². The maximum absolute atomic E-state index is 11.9. The van der Waals surface area contributed by atoms with Gasteiger partial charge in [-0.2, -0.15) is 0 Å². The second-order valence-corrected chi connectivity index (χ2v) is 5.88. The Morgan fingerprint density at radius 2 is 2.20 bits per heavy atom. The molecule has 4 nitrogen and oxygen atoms in total. The highest BCUT2D eigenvalue weighted by molar-refractivity contribution is 6.32. The first-order valence-electron chi connectivity index (χ1n) is 6.93. The summed E-state index contributed by atoms with van der Waals surface area (Å²) in [5, 5.41) is 3.58. The lowest BCUT2D eigenvalue weighted by Crippen LogP contribution is -2.53. The lowest BCUT2D eigenvalue weighted by molar-refractivity contribution is -0.123. The van der Waals surface area contributed by atoms with Gasteiger partial charge in [0.25, 0.3) is 0 Å². The van der Waals surface area contributed by atoms with Gasteiger partial charge in [0.05, 0.1) is 23.6 Å². The molecule has 110 valence electrons. The third kappa shape index (κ3) is 3.87. The smallest absolute Gasteiger partial charge is 0.223 e. The summed E-state index contributed by atoms with van der Waals surface area (Å²) in [4.78, 5) is 11.9. The van der Waals surface area contributed by atoms with E-state index in [0.717, 1.165) is 12.8 Å². The number of ether oxygens (including phenoxy) is 1. The fourth-order valence-electron chi connectivity index (χ4n) is 2.24. The largest absolute Gasteiger partial charge is 0.491 e. The summed E-state index contributed by atoms with van der Waals surface area (Å²) in [6.07, 6.45) is 2.59. The first kappa shape index (κ1) is 15.1. The van der Waals surface area contributed by atoms with Crippen molar-refractivity contribution in [2.45, 2.75) is 31.7 Å². The molecule has 1 amide bonds. The predicted octanol–water partition coefficient (Wildman–Crippen LogP) is 2.35. The Kier molecular flexibility index (Phi) is 4.89. The normalized spacial score (nSPS) is 17.4. The van der Waals surface area contributed by atoms with E-state index in [4.69, 9.17) is 22.1 Å². The van der Waals surface area contributed by atoms with Crippen LogP contribution in [0.4, 0.5) is 0 Å². The van der Waals surface area contributed by atoms with E-state index in [0.29, 0.717) is 36.3 Å². The van der Waals surface area contributed by atoms with Crippen LogP contribution in [0.15, 0.2) is 24.3 Å². The summed E-state index contributed by atoms with van der Waals surface area (Å²) in [6, 6.07) is 7.23. The van der Waals surface area contributed by atoms with Crippen LogP contribution in [0.2, 0.25) is 5.02 Å². The molecule has 0 aromatic heterocycles. The second-order valence-electron chi connectivity index (χ2n) is 5.47. The molecule has 1 aromatic carbocycles. The van der Waals surface area contributed by atoms with E-state index in [1.807, 2.05) is 19.1 Å². The van der Waals surface area contributed by atoms with Crippen LogP contribution >= 0.6 is 11.6 Å². The molecule has 0 spiro atoms. The van der Waals surface area contributed by atoms with Gasteiger partial charge in [-0.25, -0.2) is 0 Å². The van der Waals surface area contributed by atoms with Crippen molar-refractivity contribution in [1.29, 1.82) is 0 Å². The quantitative estimate of drug-likeness (QED) is 0.812. The number of nitrogens with one attached hydrogen (secondary N) is 1. The zero-order chi connectivity index (χ0) is 14.6. The first-order valence-corrected chi connectivity index (χ1v) is 7.31. The number of nitrogens with two attached hydrogens (primary N) is 1. The maximum Gasteiger partial charge on any atom is 0.223 e. The first-order chi connectivity index (χ1) is 9.55. The van der Waals surface area contributed by atoms with E-state index in [1.54, 1.807) is 12.1 Å².